The molecule has 0 radical (unpaired) electrons. The minimum absolute atomic E-state index is 0.148. The van der Waals surface area contributed by atoms with Gasteiger partial charge in [0.2, 0.25) is 10.0 Å². The molecule has 2 rings (SSSR count). The molecule has 0 saturated carbocycles. The molecule has 0 spiro atoms. The summed E-state index contributed by atoms with van der Waals surface area (Å²) in [7, 11) is -3.60. The molecule has 5 nitrogen and oxygen atoms in total. The highest BCUT2D eigenvalue weighted by atomic mass is 32.2. The third kappa shape index (κ3) is 4.11. The summed E-state index contributed by atoms with van der Waals surface area (Å²) in [5.41, 5.74) is 3.99. The maximum atomic E-state index is 11.1. The van der Waals surface area contributed by atoms with E-state index >= 15 is 0 Å². The van der Waals surface area contributed by atoms with Gasteiger partial charge in [0, 0.05) is 11.4 Å². The molecule has 0 fully saturated rings. The Hall–Kier alpha value is -1.28. The zero-order valence-corrected chi connectivity index (χ0v) is 12.8. The van der Waals surface area contributed by atoms with Crippen molar-refractivity contribution in [2.75, 3.05) is 6.54 Å². The molecule has 0 aliphatic heterocycles. The lowest BCUT2D eigenvalue weighted by Crippen LogP contribution is -2.16. The van der Waals surface area contributed by atoms with Crippen molar-refractivity contribution in [2.24, 2.45) is 5.14 Å². The molecule has 108 valence electrons. The standard InChI is InChI=1S/C13H17N3O2S2/c1-10-13(19-9-16-10)8-15-7-6-11-2-4-12(5-3-11)20(14,17)18/h2-5,9,15H,6-8H2,1H3,(H2,14,17,18). The van der Waals surface area contributed by atoms with Gasteiger partial charge in [-0.15, -0.1) is 11.3 Å². The van der Waals surface area contributed by atoms with Crippen LogP contribution >= 0.6 is 11.3 Å². The van der Waals surface area contributed by atoms with E-state index in [1.54, 1.807) is 23.5 Å². The summed E-state index contributed by atoms with van der Waals surface area (Å²) in [4.78, 5) is 5.59. The van der Waals surface area contributed by atoms with E-state index in [1.165, 1.54) is 17.0 Å². The third-order valence-electron chi connectivity index (χ3n) is 2.97. The van der Waals surface area contributed by atoms with Gasteiger partial charge in [0.15, 0.2) is 0 Å². The second-order valence-electron chi connectivity index (χ2n) is 4.48. The average molecular weight is 311 g/mol. The fourth-order valence-corrected chi connectivity index (χ4v) is 3.04. The Balaban J connectivity index is 1.81. The second-order valence-corrected chi connectivity index (χ2v) is 6.98. The molecule has 0 amide bonds. The van der Waals surface area contributed by atoms with Crippen LogP contribution in [-0.4, -0.2) is 19.9 Å². The van der Waals surface area contributed by atoms with E-state index in [0.29, 0.717) is 0 Å². The minimum Gasteiger partial charge on any atom is -0.311 e. The number of hydrogen-bond acceptors (Lipinski definition) is 5. The van der Waals surface area contributed by atoms with Crippen LogP contribution in [0, 0.1) is 6.92 Å². The number of aryl methyl sites for hydroxylation is 1. The van der Waals surface area contributed by atoms with Gasteiger partial charge in [0.05, 0.1) is 16.1 Å². The van der Waals surface area contributed by atoms with E-state index in [1.807, 2.05) is 12.4 Å². The van der Waals surface area contributed by atoms with Crippen LogP contribution in [0.15, 0.2) is 34.7 Å². The van der Waals surface area contributed by atoms with E-state index in [4.69, 9.17) is 5.14 Å². The van der Waals surface area contributed by atoms with Gasteiger partial charge in [-0.05, 0) is 37.6 Å². The summed E-state index contributed by atoms with van der Waals surface area (Å²) in [6.07, 6.45) is 0.836. The molecule has 7 heteroatoms. The van der Waals surface area contributed by atoms with E-state index in [-0.39, 0.29) is 4.90 Å². The first kappa shape index (κ1) is 15.1. The molecule has 1 aromatic heterocycles. The molecule has 0 aliphatic carbocycles. The lowest BCUT2D eigenvalue weighted by Gasteiger charge is -2.05. The summed E-state index contributed by atoms with van der Waals surface area (Å²) in [6.45, 7) is 3.64. The molecule has 0 saturated heterocycles. The van der Waals surface area contributed by atoms with Crippen LogP contribution in [0.25, 0.3) is 0 Å². The van der Waals surface area contributed by atoms with Crippen LogP contribution < -0.4 is 10.5 Å². The normalized spacial score (nSPS) is 11.7. The summed E-state index contributed by atoms with van der Waals surface area (Å²) < 4.78 is 22.3. The van der Waals surface area contributed by atoms with Gasteiger partial charge in [-0.2, -0.15) is 0 Å². The SMILES string of the molecule is Cc1ncsc1CNCCc1ccc(S(N)(=O)=O)cc1. The van der Waals surface area contributed by atoms with Crippen molar-refractivity contribution in [3.8, 4) is 0 Å². The molecule has 2 aromatic rings. The largest absolute Gasteiger partial charge is 0.311 e. The Morgan fingerprint density at radius 3 is 2.55 bits per heavy atom. The quantitative estimate of drug-likeness (QED) is 0.790. The minimum atomic E-state index is -3.60. The second kappa shape index (κ2) is 6.45. The number of benzene rings is 1. The van der Waals surface area contributed by atoms with E-state index < -0.39 is 10.0 Å². The van der Waals surface area contributed by atoms with Crippen molar-refractivity contribution in [3.63, 3.8) is 0 Å². The zero-order chi connectivity index (χ0) is 14.6. The van der Waals surface area contributed by atoms with Crippen LogP contribution in [0.2, 0.25) is 0 Å². The highest BCUT2D eigenvalue weighted by Gasteiger charge is 2.06. The first-order chi connectivity index (χ1) is 9.47. The molecule has 1 aromatic carbocycles. The average Bonchev–Trinajstić information content (AvgIpc) is 2.80. The van der Waals surface area contributed by atoms with Gasteiger partial charge in [-0.1, -0.05) is 12.1 Å². The number of rotatable bonds is 6. The Morgan fingerprint density at radius 2 is 2.00 bits per heavy atom. The molecule has 0 bridgehead atoms. The number of sulfonamides is 1. The summed E-state index contributed by atoms with van der Waals surface area (Å²) in [6, 6.07) is 6.66. The van der Waals surface area contributed by atoms with Crippen LogP contribution in [0.4, 0.5) is 0 Å². The smallest absolute Gasteiger partial charge is 0.238 e. The van der Waals surface area contributed by atoms with Gasteiger partial charge in [0.25, 0.3) is 0 Å². The number of primary sulfonamides is 1. The monoisotopic (exact) mass is 311 g/mol. The summed E-state index contributed by atoms with van der Waals surface area (Å²) >= 11 is 1.65. The molecule has 0 aliphatic rings. The fraction of sp³-hybridized carbons (Fsp3) is 0.308. The van der Waals surface area contributed by atoms with Crippen molar-refractivity contribution in [1.29, 1.82) is 0 Å². The van der Waals surface area contributed by atoms with Gasteiger partial charge in [-0.25, -0.2) is 18.5 Å². The number of aromatic nitrogens is 1. The van der Waals surface area contributed by atoms with Crippen LogP contribution in [-0.2, 0) is 23.0 Å². The molecule has 20 heavy (non-hydrogen) atoms. The molecule has 0 unspecified atom stereocenters. The van der Waals surface area contributed by atoms with E-state index in [9.17, 15) is 8.42 Å². The Labute approximate surface area is 122 Å². The lowest BCUT2D eigenvalue weighted by atomic mass is 10.1. The van der Waals surface area contributed by atoms with Crippen LogP contribution in [0.1, 0.15) is 16.1 Å². The highest BCUT2D eigenvalue weighted by Crippen LogP contribution is 2.12. The van der Waals surface area contributed by atoms with Gasteiger partial charge in [0.1, 0.15) is 0 Å². The number of nitrogens with one attached hydrogen (secondary N) is 1. The number of hydrogen-bond donors (Lipinski definition) is 2. The predicted molar refractivity (Wildman–Crippen MR) is 80.1 cm³/mol. The van der Waals surface area contributed by atoms with Crippen LogP contribution in [0.5, 0.6) is 0 Å². The number of thiazole rings is 1. The fourth-order valence-electron chi connectivity index (χ4n) is 1.78. The van der Waals surface area contributed by atoms with Gasteiger partial charge >= 0.3 is 0 Å². The van der Waals surface area contributed by atoms with Crippen molar-refractivity contribution < 1.29 is 8.42 Å². The zero-order valence-electron chi connectivity index (χ0n) is 11.2. The maximum Gasteiger partial charge on any atom is 0.238 e. The number of nitrogens with two attached hydrogens (primary N) is 1. The Bertz CT molecular complexity index is 663. The summed E-state index contributed by atoms with van der Waals surface area (Å²) in [5, 5.41) is 8.40. The molecular formula is C13H17N3O2S2. The van der Waals surface area contributed by atoms with E-state index in [2.05, 4.69) is 10.3 Å². The number of nitrogens with zero attached hydrogens (tertiary/aromatic N) is 1. The first-order valence-electron chi connectivity index (χ1n) is 6.18. The van der Waals surface area contributed by atoms with Crippen molar-refractivity contribution in [3.05, 3.63) is 45.9 Å². The van der Waals surface area contributed by atoms with Crippen molar-refractivity contribution >= 4 is 21.4 Å². The molecular weight excluding hydrogens is 294 g/mol. The highest BCUT2D eigenvalue weighted by molar-refractivity contribution is 7.89. The Morgan fingerprint density at radius 1 is 1.30 bits per heavy atom. The van der Waals surface area contributed by atoms with Gasteiger partial charge in [-0.3, -0.25) is 0 Å². The van der Waals surface area contributed by atoms with Crippen molar-refractivity contribution in [1.82, 2.24) is 10.3 Å². The van der Waals surface area contributed by atoms with Crippen LogP contribution in [0.3, 0.4) is 0 Å². The predicted octanol–water partition coefficient (Wildman–Crippen LogP) is 1.43. The van der Waals surface area contributed by atoms with E-state index in [0.717, 1.165) is 30.8 Å². The summed E-state index contributed by atoms with van der Waals surface area (Å²) in [5.74, 6) is 0. The molecule has 0 atom stereocenters. The van der Waals surface area contributed by atoms with Gasteiger partial charge < -0.3 is 5.32 Å². The molecule has 1 heterocycles. The topological polar surface area (TPSA) is 85.1 Å². The van der Waals surface area contributed by atoms with Crippen molar-refractivity contribution in [2.45, 2.75) is 24.8 Å². The maximum absolute atomic E-state index is 11.1. The Kier molecular flexibility index (Phi) is 4.87. The first-order valence-corrected chi connectivity index (χ1v) is 8.61. The third-order valence-corrected chi connectivity index (χ3v) is 4.84. The lowest BCUT2D eigenvalue weighted by molar-refractivity contribution is 0.597. The molecule has 3 N–H and O–H groups in total.